The van der Waals surface area contributed by atoms with E-state index in [0.29, 0.717) is 22.3 Å². The van der Waals surface area contributed by atoms with Crippen molar-refractivity contribution in [1.29, 1.82) is 0 Å². The Balaban J connectivity index is 1.68. The van der Waals surface area contributed by atoms with Gasteiger partial charge in [-0.25, -0.2) is 0 Å². The molecule has 2 aliphatic rings. The Morgan fingerprint density at radius 1 is 0.500 bits per heavy atom. The van der Waals surface area contributed by atoms with Gasteiger partial charge in [0.05, 0.1) is 0 Å². The molecule has 0 aromatic heterocycles. The van der Waals surface area contributed by atoms with E-state index in [2.05, 4.69) is 54.6 Å². The van der Waals surface area contributed by atoms with E-state index in [-0.39, 0.29) is 11.1 Å². The van der Waals surface area contributed by atoms with Crippen molar-refractivity contribution in [3.05, 3.63) is 129 Å². The number of fused-ring (bicyclic) bond motifs is 2. The van der Waals surface area contributed by atoms with E-state index >= 15 is 0 Å². The molecular weight excluding hydrogens is 809 g/mol. The summed E-state index contributed by atoms with van der Waals surface area (Å²) in [4.78, 5) is 0. The molecular formula is C42H43Cl2F6SiZr. The molecule has 275 valence electrons. The molecule has 4 aromatic carbocycles. The predicted octanol–water partition coefficient (Wildman–Crippen LogP) is 14.7. The van der Waals surface area contributed by atoms with Crippen molar-refractivity contribution in [1.82, 2.24) is 0 Å². The third kappa shape index (κ3) is 6.35. The fourth-order valence-electron chi connectivity index (χ4n) is 8.53. The van der Waals surface area contributed by atoms with Crippen LogP contribution in [-0.2, 0) is 27.9 Å². The molecule has 4 aromatic rings. The van der Waals surface area contributed by atoms with Crippen LogP contribution in [0.15, 0.2) is 96.1 Å². The van der Waals surface area contributed by atoms with Crippen molar-refractivity contribution in [2.24, 2.45) is 10.8 Å². The van der Waals surface area contributed by atoms with Crippen molar-refractivity contribution < 1.29 is 41.9 Å². The number of benzene rings is 4. The number of allylic oxidation sites excluding steroid dienone is 2. The summed E-state index contributed by atoms with van der Waals surface area (Å²) in [5.41, 5.74) is 3.76. The average molecular weight is 852 g/mol. The monoisotopic (exact) mass is 849 g/mol. The molecule has 0 saturated heterocycles. The van der Waals surface area contributed by atoms with Gasteiger partial charge in [0.25, 0.3) is 0 Å². The Morgan fingerprint density at radius 2 is 0.827 bits per heavy atom. The first kappa shape index (κ1) is 39.3. The van der Waals surface area contributed by atoms with Crippen LogP contribution in [0.25, 0.3) is 34.4 Å². The zero-order valence-corrected chi connectivity index (χ0v) is 35.6. The molecule has 0 spiro atoms. The summed E-state index contributed by atoms with van der Waals surface area (Å²) in [6.07, 6.45) is -5.07. The Labute approximate surface area is 311 Å². The number of hydrogen-bond acceptors (Lipinski definition) is 0. The van der Waals surface area contributed by atoms with Crippen molar-refractivity contribution in [3.8, 4) is 22.3 Å². The fraction of sp³-hybridized carbons (Fsp3) is 0.333. The first-order valence-electron chi connectivity index (χ1n) is 17.5. The van der Waals surface area contributed by atoms with E-state index in [4.69, 9.17) is 17.0 Å². The van der Waals surface area contributed by atoms with Gasteiger partial charge in [-0.1, -0.05) is 0 Å². The molecule has 52 heavy (non-hydrogen) atoms. The van der Waals surface area contributed by atoms with Crippen LogP contribution in [0.1, 0.15) is 82.2 Å². The van der Waals surface area contributed by atoms with Crippen molar-refractivity contribution >= 4 is 35.1 Å². The van der Waals surface area contributed by atoms with Gasteiger partial charge < -0.3 is 0 Å². The first-order chi connectivity index (χ1) is 23.9. The van der Waals surface area contributed by atoms with Crippen LogP contribution in [0, 0.1) is 10.8 Å². The van der Waals surface area contributed by atoms with E-state index in [1.54, 1.807) is 36.4 Å². The van der Waals surface area contributed by atoms with E-state index in [9.17, 15) is 26.3 Å². The van der Waals surface area contributed by atoms with Crippen LogP contribution in [-0.4, -0.2) is 5.92 Å². The summed E-state index contributed by atoms with van der Waals surface area (Å²) in [5.74, 6) is -2.11. The van der Waals surface area contributed by atoms with Gasteiger partial charge in [0.15, 0.2) is 0 Å². The molecule has 6 rings (SSSR count). The summed E-state index contributed by atoms with van der Waals surface area (Å²) in [6.45, 7) is 16.9. The summed E-state index contributed by atoms with van der Waals surface area (Å²) in [7, 11) is 17.2. The standard InChI is InChI=1S/2C20H18F3.C2H7Si.2ClH.Zr/c2*1-19(2,3)14-11-13-7-6-9-15(17(13)12-14)16-8-4-5-10-18(16)20(21,22)23;1-3-2;;;/h2*4-12H,1-3H3;3H,1-2H3;2*1H;/q;;;;;+2/p-2. The molecule has 2 unspecified atom stereocenters. The molecule has 0 aliphatic heterocycles. The molecule has 2 atom stereocenters. The van der Waals surface area contributed by atoms with Crippen molar-refractivity contribution in [2.75, 3.05) is 0 Å². The van der Waals surface area contributed by atoms with E-state index in [0.717, 1.165) is 34.4 Å². The van der Waals surface area contributed by atoms with E-state index < -0.39 is 63.0 Å². The number of halogens is 8. The van der Waals surface area contributed by atoms with Crippen LogP contribution >= 0.6 is 17.0 Å². The zero-order valence-electron chi connectivity index (χ0n) is 30.5. The van der Waals surface area contributed by atoms with Gasteiger partial charge in [-0.2, -0.15) is 0 Å². The zero-order chi connectivity index (χ0) is 38.4. The van der Waals surface area contributed by atoms with Gasteiger partial charge in [0.2, 0.25) is 0 Å². The second-order valence-electron chi connectivity index (χ2n) is 16.6. The molecule has 10 heteroatoms. The molecule has 0 N–H and O–H groups in total. The summed E-state index contributed by atoms with van der Waals surface area (Å²) in [5, 5.41) is 0. The minimum absolute atomic E-state index is 0.0900. The number of hydrogen-bond donors (Lipinski definition) is 0. The second-order valence-corrected chi connectivity index (χ2v) is 59.2. The Bertz CT molecular complexity index is 1980. The van der Waals surface area contributed by atoms with Gasteiger partial charge in [0, 0.05) is 0 Å². The van der Waals surface area contributed by atoms with E-state index in [1.807, 2.05) is 24.3 Å². The Morgan fingerprint density at radius 3 is 1.13 bits per heavy atom. The molecule has 0 heterocycles. The van der Waals surface area contributed by atoms with Crippen LogP contribution in [0.4, 0.5) is 26.3 Å². The number of rotatable bonds is 5. The van der Waals surface area contributed by atoms with E-state index in [1.165, 1.54) is 24.3 Å². The molecule has 0 bridgehead atoms. The minimum atomic E-state index is -5.52. The van der Waals surface area contributed by atoms with Gasteiger partial charge >= 0.3 is 314 Å². The van der Waals surface area contributed by atoms with Crippen LogP contribution in [0.3, 0.4) is 0 Å². The van der Waals surface area contributed by atoms with Crippen LogP contribution in [0.2, 0.25) is 13.1 Å². The molecule has 0 amide bonds. The summed E-state index contributed by atoms with van der Waals surface area (Å²) in [6, 6.07) is 22.3. The molecule has 0 nitrogen and oxygen atoms in total. The number of alkyl halides is 6. The molecule has 0 saturated carbocycles. The first-order valence-corrected chi connectivity index (χ1v) is 33.8. The summed E-state index contributed by atoms with van der Waals surface area (Å²) >= 11 is -5.52. The topological polar surface area (TPSA) is 0 Å². The third-order valence-corrected chi connectivity index (χ3v) is 62.7. The van der Waals surface area contributed by atoms with Gasteiger partial charge in [-0.3, -0.25) is 0 Å². The normalized spacial score (nSPS) is 18.8. The third-order valence-electron chi connectivity index (χ3n) is 11.1. The van der Waals surface area contributed by atoms with Gasteiger partial charge in [0.1, 0.15) is 0 Å². The second kappa shape index (κ2) is 12.9. The SMILES string of the molecule is C[SiH](C)[Zr]([Cl])([Cl])([CH]1C(C(C)(C)C)=Cc2c(-c3ccccc3C(F)(F)F)cccc21)[CH]1C(C(C)(C)C)=Cc2c(-c3ccccc3C(F)(F)F)cccc21. The van der Waals surface area contributed by atoms with Gasteiger partial charge in [-0.05, 0) is 0 Å². The van der Waals surface area contributed by atoms with Gasteiger partial charge in [-0.15, -0.1) is 0 Å². The Kier molecular flexibility index (Phi) is 9.72. The maximum absolute atomic E-state index is 14.4. The summed E-state index contributed by atoms with van der Waals surface area (Å²) < 4.78 is 85.6. The fourth-order valence-corrected chi connectivity index (χ4v) is 39.9. The molecule has 0 fully saturated rings. The van der Waals surface area contributed by atoms with Crippen molar-refractivity contribution in [3.63, 3.8) is 0 Å². The Hall–Kier alpha value is -2.38. The van der Waals surface area contributed by atoms with Crippen LogP contribution < -0.4 is 0 Å². The maximum atomic E-state index is 14.4. The molecule has 0 radical (unpaired) electrons. The quantitative estimate of drug-likeness (QED) is 0.139. The van der Waals surface area contributed by atoms with Crippen LogP contribution in [0.5, 0.6) is 0 Å². The molecule has 2 aliphatic carbocycles. The van der Waals surface area contributed by atoms with Crippen molar-refractivity contribution in [2.45, 2.75) is 74.2 Å². The average Bonchev–Trinajstić information content (AvgIpc) is 3.65. The predicted molar refractivity (Wildman–Crippen MR) is 205 cm³/mol.